The quantitative estimate of drug-likeness (QED) is 0.777. The molecule has 2 nitrogen and oxygen atoms in total. The third-order valence-electron chi connectivity index (χ3n) is 3.74. The number of nitrogens with zero attached hydrogens (tertiary/aromatic N) is 2. The van der Waals surface area contributed by atoms with E-state index in [-0.39, 0.29) is 0 Å². The molecule has 3 rings (SSSR count). The van der Waals surface area contributed by atoms with Crippen molar-refractivity contribution in [3.05, 3.63) is 46.2 Å². The van der Waals surface area contributed by atoms with Gasteiger partial charge in [-0.1, -0.05) is 49.7 Å². The van der Waals surface area contributed by atoms with Crippen LogP contribution in [0, 0.1) is 5.92 Å². The molecule has 0 bridgehead atoms. The van der Waals surface area contributed by atoms with Gasteiger partial charge in [0, 0.05) is 16.8 Å². The van der Waals surface area contributed by atoms with Crippen molar-refractivity contribution in [2.45, 2.75) is 39.5 Å². The summed E-state index contributed by atoms with van der Waals surface area (Å²) >= 11 is 6.27. The standard InChI is InChI=1S/C17H19ClN2/c1-11(2)10-12-6-8-13(9-7-12)17-19-15-5-3-4-14(15)16(18)20-17/h6-9,11H,3-5,10H2,1-2H3. The molecule has 0 unspecified atom stereocenters. The summed E-state index contributed by atoms with van der Waals surface area (Å²) in [5.74, 6) is 1.43. The summed E-state index contributed by atoms with van der Waals surface area (Å²) in [6, 6.07) is 8.54. The van der Waals surface area contributed by atoms with E-state index in [1.54, 1.807) is 0 Å². The minimum atomic E-state index is 0.633. The Morgan fingerprint density at radius 1 is 1.10 bits per heavy atom. The molecule has 0 radical (unpaired) electrons. The number of aryl methyl sites for hydroxylation is 1. The fraction of sp³-hybridized carbons (Fsp3) is 0.412. The summed E-state index contributed by atoms with van der Waals surface area (Å²) < 4.78 is 0. The van der Waals surface area contributed by atoms with Crippen molar-refractivity contribution < 1.29 is 0 Å². The van der Waals surface area contributed by atoms with E-state index >= 15 is 0 Å². The average molecular weight is 287 g/mol. The average Bonchev–Trinajstić information content (AvgIpc) is 2.87. The fourth-order valence-corrected chi connectivity index (χ4v) is 3.06. The molecule has 104 valence electrons. The van der Waals surface area contributed by atoms with Gasteiger partial charge in [0.2, 0.25) is 0 Å². The molecule has 0 saturated heterocycles. The number of benzene rings is 1. The van der Waals surface area contributed by atoms with Crippen LogP contribution in [0.25, 0.3) is 11.4 Å². The van der Waals surface area contributed by atoms with Crippen molar-refractivity contribution in [1.82, 2.24) is 9.97 Å². The third kappa shape index (κ3) is 2.71. The van der Waals surface area contributed by atoms with E-state index in [9.17, 15) is 0 Å². The SMILES string of the molecule is CC(C)Cc1ccc(-c2nc(Cl)c3c(n2)CCC3)cc1. The van der Waals surface area contributed by atoms with Gasteiger partial charge in [-0.2, -0.15) is 0 Å². The smallest absolute Gasteiger partial charge is 0.161 e. The van der Waals surface area contributed by atoms with E-state index in [0.29, 0.717) is 11.1 Å². The van der Waals surface area contributed by atoms with Gasteiger partial charge in [-0.05, 0) is 37.2 Å². The first-order valence-corrected chi connectivity index (χ1v) is 7.66. The monoisotopic (exact) mass is 286 g/mol. The van der Waals surface area contributed by atoms with Gasteiger partial charge in [-0.25, -0.2) is 9.97 Å². The van der Waals surface area contributed by atoms with Crippen LogP contribution in [-0.4, -0.2) is 9.97 Å². The third-order valence-corrected chi connectivity index (χ3v) is 4.05. The number of fused-ring (bicyclic) bond motifs is 1. The number of hydrogen-bond acceptors (Lipinski definition) is 2. The van der Waals surface area contributed by atoms with Crippen molar-refractivity contribution in [1.29, 1.82) is 0 Å². The van der Waals surface area contributed by atoms with Crippen molar-refractivity contribution in [3.63, 3.8) is 0 Å². The zero-order chi connectivity index (χ0) is 14.1. The fourth-order valence-electron chi connectivity index (χ4n) is 2.78. The second-order valence-electron chi connectivity index (χ2n) is 5.91. The lowest BCUT2D eigenvalue weighted by atomic mass is 10.0. The summed E-state index contributed by atoms with van der Waals surface area (Å²) in [5, 5.41) is 0.633. The van der Waals surface area contributed by atoms with Crippen LogP contribution < -0.4 is 0 Å². The van der Waals surface area contributed by atoms with Crippen molar-refractivity contribution in [2.75, 3.05) is 0 Å². The summed E-state index contributed by atoms with van der Waals surface area (Å²) in [4.78, 5) is 9.14. The predicted octanol–water partition coefficient (Wildman–Crippen LogP) is 4.48. The molecule has 0 spiro atoms. The zero-order valence-electron chi connectivity index (χ0n) is 12.0. The molecule has 1 aliphatic carbocycles. The maximum atomic E-state index is 6.27. The highest BCUT2D eigenvalue weighted by Crippen LogP contribution is 2.29. The Hall–Kier alpha value is -1.41. The lowest BCUT2D eigenvalue weighted by Crippen LogP contribution is -1.98. The van der Waals surface area contributed by atoms with Gasteiger partial charge in [0.05, 0.1) is 0 Å². The van der Waals surface area contributed by atoms with Gasteiger partial charge in [-0.3, -0.25) is 0 Å². The predicted molar refractivity (Wildman–Crippen MR) is 83.0 cm³/mol. The first-order valence-electron chi connectivity index (χ1n) is 7.28. The van der Waals surface area contributed by atoms with Crippen LogP contribution in [0.2, 0.25) is 5.15 Å². The molecule has 0 atom stereocenters. The lowest BCUT2D eigenvalue weighted by Gasteiger charge is -2.08. The van der Waals surface area contributed by atoms with E-state index in [1.165, 1.54) is 5.56 Å². The zero-order valence-corrected chi connectivity index (χ0v) is 12.7. The highest BCUT2D eigenvalue weighted by atomic mass is 35.5. The van der Waals surface area contributed by atoms with Crippen LogP contribution in [-0.2, 0) is 19.3 Å². The topological polar surface area (TPSA) is 25.8 Å². The molecule has 0 amide bonds. The highest BCUT2D eigenvalue weighted by molar-refractivity contribution is 6.30. The van der Waals surface area contributed by atoms with E-state index in [2.05, 4.69) is 48.1 Å². The number of hydrogen-bond donors (Lipinski definition) is 0. The number of halogens is 1. The molecular weight excluding hydrogens is 268 g/mol. The Morgan fingerprint density at radius 3 is 2.55 bits per heavy atom. The molecular formula is C17H19ClN2. The molecule has 1 aliphatic rings. The number of aromatic nitrogens is 2. The summed E-state index contributed by atoms with van der Waals surface area (Å²) in [6.45, 7) is 4.47. The maximum Gasteiger partial charge on any atom is 0.161 e. The Kier molecular flexibility index (Phi) is 3.75. The Bertz CT molecular complexity index is 618. The van der Waals surface area contributed by atoms with Crippen LogP contribution in [0.5, 0.6) is 0 Å². The Labute approximate surface area is 125 Å². The van der Waals surface area contributed by atoms with Gasteiger partial charge in [0.15, 0.2) is 5.82 Å². The minimum Gasteiger partial charge on any atom is -0.233 e. The van der Waals surface area contributed by atoms with Crippen LogP contribution in [0.15, 0.2) is 24.3 Å². The molecule has 0 aliphatic heterocycles. The largest absolute Gasteiger partial charge is 0.233 e. The first-order chi connectivity index (χ1) is 9.63. The van der Waals surface area contributed by atoms with Crippen LogP contribution in [0.4, 0.5) is 0 Å². The normalized spacial score (nSPS) is 13.8. The maximum absolute atomic E-state index is 6.27. The molecule has 3 heteroatoms. The van der Waals surface area contributed by atoms with Crippen molar-refractivity contribution in [2.24, 2.45) is 5.92 Å². The van der Waals surface area contributed by atoms with Crippen LogP contribution in [0.3, 0.4) is 0 Å². The second-order valence-corrected chi connectivity index (χ2v) is 6.27. The first kappa shape index (κ1) is 13.6. The van der Waals surface area contributed by atoms with Gasteiger partial charge < -0.3 is 0 Å². The Balaban J connectivity index is 1.91. The van der Waals surface area contributed by atoms with Crippen molar-refractivity contribution >= 4 is 11.6 Å². The molecule has 1 heterocycles. The van der Waals surface area contributed by atoms with Crippen LogP contribution in [0.1, 0.15) is 37.1 Å². The van der Waals surface area contributed by atoms with E-state index in [0.717, 1.165) is 48.3 Å². The molecule has 0 N–H and O–H groups in total. The molecule has 20 heavy (non-hydrogen) atoms. The summed E-state index contributed by atoms with van der Waals surface area (Å²) in [5.41, 5.74) is 4.68. The van der Waals surface area contributed by atoms with Gasteiger partial charge in [0.1, 0.15) is 5.15 Å². The molecule has 1 aromatic carbocycles. The van der Waals surface area contributed by atoms with Crippen molar-refractivity contribution in [3.8, 4) is 11.4 Å². The number of rotatable bonds is 3. The summed E-state index contributed by atoms with van der Waals surface area (Å²) in [7, 11) is 0. The molecule has 0 fully saturated rings. The molecule has 0 saturated carbocycles. The van der Waals surface area contributed by atoms with Gasteiger partial charge in [0.25, 0.3) is 0 Å². The Morgan fingerprint density at radius 2 is 1.85 bits per heavy atom. The van der Waals surface area contributed by atoms with E-state index in [4.69, 9.17) is 11.6 Å². The van der Waals surface area contributed by atoms with Gasteiger partial charge >= 0.3 is 0 Å². The molecule has 1 aromatic heterocycles. The summed E-state index contributed by atoms with van der Waals surface area (Å²) in [6.07, 6.45) is 4.28. The minimum absolute atomic E-state index is 0.633. The molecule has 2 aromatic rings. The van der Waals surface area contributed by atoms with E-state index < -0.39 is 0 Å². The highest BCUT2D eigenvalue weighted by Gasteiger charge is 2.18. The second kappa shape index (κ2) is 5.53. The van der Waals surface area contributed by atoms with E-state index in [1.807, 2.05) is 0 Å². The van der Waals surface area contributed by atoms with Gasteiger partial charge in [-0.15, -0.1) is 0 Å². The van der Waals surface area contributed by atoms with Crippen LogP contribution >= 0.6 is 11.6 Å². The lowest BCUT2D eigenvalue weighted by molar-refractivity contribution is 0.647.